The number of hydrogen-bond donors (Lipinski definition) is 0. The molecule has 1 unspecified atom stereocenters. The predicted octanol–water partition coefficient (Wildman–Crippen LogP) is 4.76. The summed E-state index contributed by atoms with van der Waals surface area (Å²) in [6.45, 7) is 0.560. The van der Waals surface area contributed by atoms with Crippen LogP contribution in [0.1, 0.15) is 18.4 Å². The molecule has 3 heterocycles. The first-order chi connectivity index (χ1) is 17.4. The van der Waals surface area contributed by atoms with E-state index in [1.807, 2.05) is 30.3 Å². The fourth-order valence-electron chi connectivity index (χ4n) is 4.38. The van der Waals surface area contributed by atoms with E-state index in [0.29, 0.717) is 41.5 Å². The summed E-state index contributed by atoms with van der Waals surface area (Å²) in [5, 5.41) is 2.19. The normalized spacial score (nSPS) is 16.3. The van der Waals surface area contributed by atoms with Gasteiger partial charge in [0, 0.05) is 6.54 Å². The molecule has 2 aromatic carbocycles. The number of fused-ring (bicyclic) bond motifs is 1. The van der Waals surface area contributed by atoms with Gasteiger partial charge >= 0.3 is 0 Å². The Bertz CT molecular complexity index is 1430. The van der Waals surface area contributed by atoms with E-state index in [1.54, 1.807) is 48.8 Å². The minimum absolute atomic E-state index is 0.242. The molecule has 4 aromatic rings. The van der Waals surface area contributed by atoms with Crippen LogP contribution in [-0.4, -0.2) is 50.4 Å². The highest BCUT2D eigenvalue weighted by Gasteiger charge is 2.42. The zero-order valence-electron chi connectivity index (χ0n) is 19.8. The summed E-state index contributed by atoms with van der Waals surface area (Å²) in [6, 6.07) is 15.7. The molecule has 0 radical (unpaired) electrons. The van der Waals surface area contributed by atoms with Crippen LogP contribution in [-0.2, 0) is 21.4 Å². The van der Waals surface area contributed by atoms with Crippen molar-refractivity contribution in [3.05, 3.63) is 65.5 Å². The van der Waals surface area contributed by atoms with Crippen molar-refractivity contribution in [3.8, 4) is 11.5 Å². The topological polar surface area (TPSA) is 89.0 Å². The van der Waals surface area contributed by atoms with Gasteiger partial charge in [-0.2, -0.15) is 4.31 Å². The second-order valence-electron chi connectivity index (χ2n) is 8.26. The largest absolute Gasteiger partial charge is 0.495 e. The molecule has 1 aliphatic heterocycles. The maximum Gasteiger partial charge on any atom is 0.253 e. The number of rotatable bonds is 8. The minimum Gasteiger partial charge on any atom is -0.495 e. The number of amides is 1. The average Bonchev–Trinajstić information content (AvgIpc) is 3.67. The van der Waals surface area contributed by atoms with Gasteiger partial charge in [0.25, 0.3) is 10.0 Å². The van der Waals surface area contributed by atoms with Crippen LogP contribution >= 0.6 is 22.7 Å². The average molecular weight is 544 g/mol. The number of aromatic nitrogens is 1. The van der Waals surface area contributed by atoms with Crippen molar-refractivity contribution < 1.29 is 22.7 Å². The van der Waals surface area contributed by atoms with Crippen LogP contribution in [0.4, 0.5) is 5.13 Å². The summed E-state index contributed by atoms with van der Waals surface area (Å²) in [5.41, 5.74) is 1.51. The van der Waals surface area contributed by atoms with Crippen LogP contribution < -0.4 is 14.4 Å². The Morgan fingerprint density at radius 2 is 1.83 bits per heavy atom. The quantitative estimate of drug-likeness (QED) is 0.318. The Morgan fingerprint density at radius 3 is 2.53 bits per heavy atom. The first-order valence-electron chi connectivity index (χ1n) is 11.4. The first-order valence-corrected chi connectivity index (χ1v) is 14.5. The summed E-state index contributed by atoms with van der Waals surface area (Å²) in [5.74, 6) is 0.904. The molecule has 11 heteroatoms. The summed E-state index contributed by atoms with van der Waals surface area (Å²) in [4.78, 5) is 20.5. The zero-order valence-corrected chi connectivity index (χ0v) is 22.2. The highest BCUT2D eigenvalue weighted by Crippen LogP contribution is 2.41. The van der Waals surface area contributed by atoms with Crippen molar-refractivity contribution in [2.75, 3.05) is 25.7 Å². The molecule has 1 aliphatic rings. The Labute approximate surface area is 217 Å². The lowest BCUT2D eigenvalue weighted by Crippen LogP contribution is -2.47. The lowest BCUT2D eigenvalue weighted by molar-refractivity contribution is -0.121. The Morgan fingerprint density at radius 1 is 1.08 bits per heavy atom. The molecule has 0 N–H and O–H groups in total. The number of methoxy groups -OCH3 is 2. The van der Waals surface area contributed by atoms with Crippen LogP contribution in [0.2, 0.25) is 0 Å². The highest BCUT2D eigenvalue weighted by molar-refractivity contribution is 7.91. The minimum atomic E-state index is -3.78. The van der Waals surface area contributed by atoms with Gasteiger partial charge in [0.05, 0.1) is 20.8 Å². The standard InChI is InChI=1S/C25H25N3O5S3/c1-32-19-12-13-20(33-2)23-22(19)26-25(35-23)27(16-17-8-4-3-5-9-17)24(29)18-10-6-14-28(18)36(30,31)21-11-7-15-34-21/h3-5,7-9,11-13,15,18H,6,10,14,16H2,1-2H3. The number of carbonyl (C=O) groups is 1. The van der Waals surface area contributed by atoms with E-state index in [9.17, 15) is 13.2 Å². The number of anilines is 1. The molecule has 0 spiro atoms. The van der Waals surface area contributed by atoms with Crippen molar-refractivity contribution in [1.82, 2.24) is 9.29 Å². The molecule has 2 aromatic heterocycles. The lowest BCUT2D eigenvalue weighted by atomic mass is 10.1. The van der Waals surface area contributed by atoms with Gasteiger partial charge < -0.3 is 9.47 Å². The molecule has 1 fully saturated rings. The molecule has 5 rings (SSSR count). The molecule has 1 amide bonds. The maximum atomic E-state index is 14.1. The first kappa shape index (κ1) is 24.7. The zero-order chi connectivity index (χ0) is 25.3. The predicted molar refractivity (Wildman–Crippen MR) is 142 cm³/mol. The smallest absolute Gasteiger partial charge is 0.253 e. The highest BCUT2D eigenvalue weighted by atomic mass is 32.2. The fourth-order valence-corrected chi connectivity index (χ4v) is 8.23. The summed E-state index contributed by atoms with van der Waals surface area (Å²) < 4.78 is 40.1. The van der Waals surface area contributed by atoms with Gasteiger partial charge in [-0.05, 0) is 42.0 Å². The van der Waals surface area contributed by atoms with Crippen LogP contribution in [0.15, 0.2) is 64.2 Å². The number of ether oxygens (including phenoxy) is 2. The monoisotopic (exact) mass is 543 g/mol. The van der Waals surface area contributed by atoms with Gasteiger partial charge in [-0.3, -0.25) is 9.69 Å². The fraction of sp³-hybridized carbons (Fsp3) is 0.280. The molecule has 0 aliphatic carbocycles. The lowest BCUT2D eigenvalue weighted by Gasteiger charge is -2.28. The number of sulfonamides is 1. The Balaban J connectivity index is 1.58. The third-order valence-electron chi connectivity index (χ3n) is 6.13. The van der Waals surface area contributed by atoms with E-state index in [0.717, 1.165) is 21.6 Å². The Kier molecular flexibility index (Phi) is 6.98. The van der Waals surface area contributed by atoms with Crippen molar-refractivity contribution in [2.45, 2.75) is 29.6 Å². The van der Waals surface area contributed by atoms with E-state index in [2.05, 4.69) is 0 Å². The van der Waals surface area contributed by atoms with Crippen LogP contribution in [0.25, 0.3) is 10.2 Å². The second kappa shape index (κ2) is 10.2. The Hall–Kier alpha value is -2.99. The van der Waals surface area contributed by atoms with E-state index >= 15 is 0 Å². The summed E-state index contributed by atoms with van der Waals surface area (Å²) in [6.07, 6.45) is 1.06. The van der Waals surface area contributed by atoms with E-state index in [4.69, 9.17) is 14.5 Å². The molecule has 36 heavy (non-hydrogen) atoms. The van der Waals surface area contributed by atoms with Crippen molar-refractivity contribution >= 4 is 54.0 Å². The molecule has 0 saturated carbocycles. The van der Waals surface area contributed by atoms with Gasteiger partial charge in [0.2, 0.25) is 5.91 Å². The molecule has 188 valence electrons. The molecule has 8 nitrogen and oxygen atoms in total. The second-order valence-corrected chi connectivity index (χ2v) is 12.3. The van der Waals surface area contributed by atoms with Gasteiger partial charge in [-0.1, -0.05) is 47.7 Å². The van der Waals surface area contributed by atoms with Gasteiger partial charge in [0.1, 0.15) is 32.0 Å². The van der Waals surface area contributed by atoms with E-state index in [-0.39, 0.29) is 16.7 Å². The molecule has 1 saturated heterocycles. The van der Waals surface area contributed by atoms with E-state index in [1.165, 1.54) is 15.6 Å². The number of thiophene rings is 1. The molecular formula is C25H25N3O5S3. The number of carbonyl (C=O) groups excluding carboxylic acids is 1. The molecule has 0 bridgehead atoms. The van der Waals surface area contributed by atoms with Crippen LogP contribution in [0, 0.1) is 0 Å². The van der Waals surface area contributed by atoms with E-state index < -0.39 is 16.1 Å². The third kappa shape index (κ3) is 4.47. The number of hydrogen-bond acceptors (Lipinski definition) is 8. The van der Waals surface area contributed by atoms with Gasteiger partial charge in [0.15, 0.2) is 5.13 Å². The van der Waals surface area contributed by atoms with Gasteiger partial charge in [-0.15, -0.1) is 11.3 Å². The third-order valence-corrected chi connectivity index (χ3v) is 10.5. The number of nitrogens with zero attached hydrogens (tertiary/aromatic N) is 3. The summed E-state index contributed by atoms with van der Waals surface area (Å²) >= 11 is 2.48. The number of benzene rings is 2. The van der Waals surface area contributed by atoms with Gasteiger partial charge in [-0.25, -0.2) is 13.4 Å². The van der Waals surface area contributed by atoms with Crippen LogP contribution in [0.5, 0.6) is 11.5 Å². The van der Waals surface area contributed by atoms with Crippen molar-refractivity contribution in [3.63, 3.8) is 0 Å². The number of thiazole rings is 1. The molecular weight excluding hydrogens is 518 g/mol. The van der Waals surface area contributed by atoms with Crippen molar-refractivity contribution in [1.29, 1.82) is 0 Å². The van der Waals surface area contributed by atoms with Crippen molar-refractivity contribution in [2.24, 2.45) is 0 Å². The SMILES string of the molecule is COc1ccc(OC)c2sc(N(Cc3ccccc3)C(=O)C3CCCN3S(=O)(=O)c3cccs3)nc12. The van der Waals surface area contributed by atoms with Crippen LogP contribution in [0.3, 0.4) is 0 Å². The summed E-state index contributed by atoms with van der Waals surface area (Å²) in [7, 11) is -0.626. The maximum absolute atomic E-state index is 14.1. The molecule has 1 atom stereocenters.